The summed E-state index contributed by atoms with van der Waals surface area (Å²) in [4.78, 5) is 28.5. The molecule has 1 aliphatic heterocycles. The van der Waals surface area contributed by atoms with Crippen LogP contribution in [0, 0.1) is 11.3 Å². The largest absolute Gasteiger partial charge is 0.356 e. The van der Waals surface area contributed by atoms with Crippen molar-refractivity contribution in [2.75, 3.05) is 29.9 Å². The summed E-state index contributed by atoms with van der Waals surface area (Å²) in [6.45, 7) is 9.84. The van der Waals surface area contributed by atoms with E-state index >= 15 is 0 Å². The number of fused-ring (bicyclic) bond motifs is 1. The van der Waals surface area contributed by atoms with Gasteiger partial charge in [0.25, 0.3) is 0 Å². The van der Waals surface area contributed by atoms with E-state index in [9.17, 15) is 4.79 Å². The number of aryl methyl sites for hydroxylation is 1. The van der Waals surface area contributed by atoms with E-state index < -0.39 is 0 Å². The highest BCUT2D eigenvalue weighted by molar-refractivity contribution is 5.85. The molecular weight excluding hydrogens is 414 g/mol. The molecule has 8 nitrogen and oxygen atoms in total. The summed E-state index contributed by atoms with van der Waals surface area (Å²) in [5, 5.41) is 3.34. The molecule has 0 bridgehead atoms. The molecule has 1 aliphatic rings. The number of halogens is 1. The molecule has 168 valence electrons. The Labute approximate surface area is 189 Å². The van der Waals surface area contributed by atoms with Gasteiger partial charge in [-0.3, -0.25) is 9.13 Å². The van der Waals surface area contributed by atoms with Crippen molar-refractivity contribution >= 4 is 35.3 Å². The van der Waals surface area contributed by atoms with Crippen LogP contribution in [0.15, 0.2) is 35.4 Å². The normalized spacial score (nSPS) is 16.9. The third-order valence-corrected chi connectivity index (χ3v) is 5.56. The van der Waals surface area contributed by atoms with Gasteiger partial charge in [-0.25, -0.2) is 19.7 Å². The Bertz CT molecular complexity index is 1070. The fourth-order valence-electron chi connectivity index (χ4n) is 4.13. The number of nitrogens with zero attached hydrogens (tertiary/aromatic N) is 6. The lowest BCUT2D eigenvalue weighted by molar-refractivity contribution is 0.342. The Morgan fingerprint density at radius 2 is 1.94 bits per heavy atom. The van der Waals surface area contributed by atoms with Crippen molar-refractivity contribution in [2.24, 2.45) is 18.4 Å². The molecular formula is C22H32ClN7O. The van der Waals surface area contributed by atoms with Gasteiger partial charge in [-0.15, -0.1) is 12.4 Å². The lowest BCUT2D eigenvalue weighted by Gasteiger charge is -2.33. The standard InChI is InChI=1S/C22H31N7O.ClH/c1-22(2,3)15-29-17-8-9-18(26-19(17)27(4)21(29)30)28-12-5-7-16(14-28)13-25-20-23-10-6-11-24-20;/h6,8-11,16H,5,7,12-15H2,1-4H3,(H,23,24,25);1H. The van der Waals surface area contributed by atoms with Crippen LogP contribution in [0.3, 0.4) is 0 Å². The fourth-order valence-corrected chi connectivity index (χ4v) is 4.13. The van der Waals surface area contributed by atoms with E-state index in [-0.39, 0.29) is 23.5 Å². The number of aromatic nitrogens is 5. The topological polar surface area (TPSA) is 80.9 Å². The number of anilines is 2. The maximum atomic E-state index is 12.8. The van der Waals surface area contributed by atoms with Gasteiger partial charge in [0.05, 0.1) is 5.52 Å². The molecule has 0 radical (unpaired) electrons. The van der Waals surface area contributed by atoms with Crippen LogP contribution < -0.4 is 15.9 Å². The predicted molar refractivity (Wildman–Crippen MR) is 127 cm³/mol. The summed E-state index contributed by atoms with van der Waals surface area (Å²) < 4.78 is 3.51. The van der Waals surface area contributed by atoms with Crippen molar-refractivity contribution in [1.82, 2.24) is 24.1 Å². The lowest BCUT2D eigenvalue weighted by atomic mass is 9.97. The molecule has 1 unspecified atom stereocenters. The van der Waals surface area contributed by atoms with Gasteiger partial charge in [0.15, 0.2) is 5.65 Å². The Morgan fingerprint density at radius 3 is 2.65 bits per heavy atom. The van der Waals surface area contributed by atoms with Crippen LogP contribution in [0.25, 0.3) is 11.2 Å². The van der Waals surface area contributed by atoms with Gasteiger partial charge >= 0.3 is 5.69 Å². The molecule has 0 amide bonds. The Morgan fingerprint density at radius 1 is 1.19 bits per heavy atom. The van der Waals surface area contributed by atoms with E-state index in [1.54, 1.807) is 17.0 Å². The highest BCUT2D eigenvalue weighted by Crippen LogP contribution is 2.25. The van der Waals surface area contributed by atoms with Gasteiger partial charge in [0.2, 0.25) is 5.95 Å². The molecule has 1 saturated heterocycles. The molecule has 4 rings (SSSR count). The van der Waals surface area contributed by atoms with Gasteiger partial charge in [-0.05, 0) is 42.4 Å². The molecule has 9 heteroatoms. The quantitative estimate of drug-likeness (QED) is 0.648. The van der Waals surface area contributed by atoms with E-state index in [1.165, 1.54) is 6.42 Å². The number of hydrogen-bond donors (Lipinski definition) is 1. The molecule has 1 atom stereocenters. The van der Waals surface area contributed by atoms with E-state index in [2.05, 4.69) is 47.0 Å². The molecule has 4 heterocycles. The van der Waals surface area contributed by atoms with Crippen LogP contribution in [-0.2, 0) is 13.6 Å². The molecule has 1 fully saturated rings. The van der Waals surface area contributed by atoms with Crippen LogP contribution in [0.5, 0.6) is 0 Å². The Kier molecular flexibility index (Phi) is 6.89. The summed E-state index contributed by atoms with van der Waals surface area (Å²) in [7, 11) is 1.81. The summed E-state index contributed by atoms with van der Waals surface area (Å²) in [6, 6.07) is 5.92. The predicted octanol–water partition coefficient (Wildman–Crippen LogP) is 3.32. The van der Waals surface area contributed by atoms with Crippen LogP contribution in [0.4, 0.5) is 11.8 Å². The second-order valence-corrected chi connectivity index (χ2v) is 9.41. The molecule has 0 saturated carbocycles. The number of nitrogens with one attached hydrogen (secondary N) is 1. The average Bonchev–Trinajstić information content (AvgIpc) is 2.96. The first-order chi connectivity index (χ1) is 14.3. The molecule has 0 aromatic carbocycles. The van der Waals surface area contributed by atoms with Gasteiger partial charge in [-0.2, -0.15) is 0 Å². The Hall–Kier alpha value is -2.61. The monoisotopic (exact) mass is 445 g/mol. The summed E-state index contributed by atoms with van der Waals surface area (Å²) >= 11 is 0. The van der Waals surface area contributed by atoms with Crippen LogP contribution >= 0.6 is 12.4 Å². The number of rotatable bonds is 5. The lowest BCUT2D eigenvalue weighted by Crippen LogP contribution is -2.38. The number of piperidine rings is 1. The first kappa shape index (κ1) is 23.1. The van der Waals surface area contributed by atoms with Crippen LogP contribution in [-0.4, -0.2) is 43.7 Å². The second kappa shape index (κ2) is 9.26. The second-order valence-electron chi connectivity index (χ2n) is 9.41. The van der Waals surface area contributed by atoms with Crippen molar-refractivity contribution in [3.05, 3.63) is 41.1 Å². The first-order valence-electron chi connectivity index (χ1n) is 10.6. The van der Waals surface area contributed by atoms with E-state index in [0.717, 1.165) is 43.0 Å². The zero-order chi connectivity index (χ0) is 21.3. The fraction of sp³-hybridized carbons (Fsp3) is 0.545. The van der Waals surface area contributed by atoms with Crippen molar-refractivity contribution < 1.29 is 0 Å². The summed E-state index contributed by atoms with van der Waals surface area (Å²) in [5.74, 6) is 2.10. The highest BCUT2D eigenvalue weighted by Gasteiger charge is 2.23. The van der Waals surface area contributed by atoms with Crippen LogP contribution in [0.1, 0.15) is 33.6 Å². The third-order valence-electron chi connectivity index (χ3n) is 5.56. The first-order valence-corrected chi connectivity index (χ1v) is 10.6. The van der Waals surface area contributed by atoms with Gasteiger partial charge in [-0.1, -0.05) is 20.8 Å². The number of imidazole rings is 1. The van der Waals surface area contributed by atoms with Gasteiger partial charge in [0, 0.05) is 45.6 Å². The molecule has 1 N–H and O–H groups in total. The number of pyridine rings is 1. The van der Waals surface area contributed by atoms with Crippen LogP contribution in [0.2, 0.25) is 0 Å². The molecule has 3 aromatic rings. The SMILES string of the molecule is Cl.Cn1c(=O)n(CC(C)(C)C)c2ccc(N3CCCC(CNc4ncccn4)C3)nc21. The average molecular weight is 446 g/mol. The molecule has 31 heavy (non-hydrogen) atoms. The molecule has 3 aromatic heterocycles. The van der Waals surface area contributed by atoms with Crippen molar-refractivity contribution in [3.63, 3.8) is 0 Å². The van der Waals surface area contributed by atoms with E-state index in [0.29, 0.717) is 18.4 Å². The Balaban J connectivity index is 0.00000272. The van der Waals surface area contributed by atoms with E-state index in [4.69, 9.17) is 4.98 Å². The molecule has 0 spiro atoms. The van der Waals surface area contributed by atoms with Gasteiger partial charge in [0.1, 0.15) is 5.82 Å². The maximum absolute atomic E-state index is 12.8. The summed E-state index contributed by atoms with van der Waals surface area (Å²) in [6.07, 6.45) is 5.78. The smallest absolute Gasteiger partial charge is 0.330 e. The third kappa shape index (κ3) is 5.18. The van der Waals surface area contributed by atoms with E-state index in [1.807, 2.05) is 23.7 Å². The maximum Gasteiger partial charge on any atom is 0.330 e. The van der Waals surface area contributed by atoms with Crippen molar-refractivity contribution in [3.8, 4) is 0 Å². The minimum atomic E-state index is -0.00634. The zero-order valence-electron chi connectivity index (χ0n) is 18.7. The van der Waals surface area contributed by atoms with Crippen molar-refractivity contribution in [1.29, 1.82) is 0 Å². The summed E-state index contributed by atoms with van der Waals surface area (Å²) in [5.41, 5.74) is 1.66. The molecule has 0 aliphatic carbocycles. The highest BCUT2D eigenvalue weighted by atomic mass is 35.5. The van der Waals surface area contributed by atoms with Crippen molar-refractivity contribution in [2.45, 2.75) is 40.2 Å². The zero-order valence-corrected chi connectivity index (χ0v) is 19.5. The number of hydrogen-bond acceptors (Lipinski definition) is 6. The minimum absolute atomic E-state index is 0. The van der Waals surface area contributed by atoms with Gasteiger partial charge < -0.3 is 10.2 Å². The minimum Gasteiger partial charge on any atom is -0.356 e.